The number of fused-ring (bicyclic) bond motifs is 1. The smallest absolute Gasteiger partial charge is 0.319 e. The molecule has 2 amide bonds. The number of carbonyl (C=O) groups is 2. The van der Waals surface area contributed by atoms with Gasteiger partial charge in [0.25, 0.3) is 5.69 Å². The molecule has 0 aromatic heterocycles. The number of Topliss-reactive ketones (excluding diaryl/α,β-unsaturated/α-hetero) is 1. The van der Waals surface area contributed by atoms with Crippen molar-refractivity contribution in [3.63, 3.8) is 0 Å². The fourth-order valence-electron chi connectivity index (χ4n) is 3.08. The summed E-state index contributed by atoms with van der Waals surface area (Å²) in [7, 11) is 0. The number of amides is 2. The lowest BCUT2D eigenvalue weighted by molar-refractivity contribution is -0.384. The molecule has 0 aliphatic carbocycles. The summed E-state index contributed by atoms with van der Waals surface area (Å²) in [6.45, 7) is 0.847. The molecule has 0 saturated carbocycles. The molecule has 0 fully saturated rings. The van der Waals surface area contributed by atoms with Gasteiger partial charge in [-0.05, 0) is 35.9 Å². The zero-order valence-electron chi connectivity index (χ0n) is 14.5. The third kappa shape index (κ3) is 3.25. The number of nitro groups is 1. The van der Waals surface area contributed by atoms with E-state index >= 15 is 0 Å². The summed E-state index contributed by atoms with van der Waals surface area (Å²) in [4.78, 5) is 35.2. The number of non-ortho nitro benzene ring substituents is 1. The van der Waals surface area contributed by atoms with Crippen LogP contribution < -0.4 is 20.1 Å². The molecule has 1 unspecified atom stereocenters. The summed E-state index contributed by atoms with van der Waals surface area (Å²) < 4.78 is 11.0. The maximum atomic E-state index is 13.1. The minimum absolute atomic E-state index is 0.0762. The van der Waals surface area contributed by atoms with E-state index in [1.165, 1.54) is 30.5 Å². The van der Waals surface area contributed by atoms with Crippen LogP contribution >= 0.6 is 0 Å². The van der Waals surface area contributed by atoms with Gasteiger partial charge >= 0.3 is 6.03 Å². The average molecular weight is 381 g/mol. The molecule has 0 radical (unpaired) electrons. The minimum atomic E-state index is -0.741. The highest BCUT2D eigenvalue weighted by Crippen LogP contribution is 2.33. The van der Waals surface area contributed by atoms with Crippen LogP contribution in [-0.4, -0.2) is 30.0 Å². The minimum Gasteiger partial charge on any atom is -0.486 e. The number of nitrogens with one attached hydrogen (secondary N) is 2. The lowest BCUT2D eigenvalue weighted by Crippen LogP contribution is -2.42. The Balaban J connectivity index is 1.66. The van der Waals surface area contributed by atoms with E-state index in [-0.39, 0.29) is 11.5 Å². The van der Waals surface area contributed by atoms with Gasteiger partial charge in [-0.1, -0.05) is 0 Å². The van der Waals surface area contributed by atoms with E-state index in [0.717, 1.165) is 0 Å². The third-order valence-electron chi connectivity index (χ3n) is 4.45. The predicted molar refractivity (Wildman–Crippen MR) is 97.4 cm³/mol. The van der Waals surface area contributed by atoms with Crippen molar-refractivity contribution in [1.82, 2.24) is 10.6 Å². The van der Waals surface area contributed by atoms with E-state index in [0.29, 0.717) is 41.4 Å². The summed E-state index contributed by atoms with van der Waals surface area (Å²) in [5, 5.41) is 16.0. The normalized spacial score (nSPS) is 17.8. The van der Waals surface area contributed by atoms with Crippen LogP contribution in [0.4, 0.5) is 10.5 Å². The zero-order chi connectivity index (χ0) is 19.7. The van der Waals surface area contributed by atoms with Gasteiger partial charge in [0.15, 0.2) is 17.3 Å². The summed E-state index contributed by atoms with van der Waals surface area (Å²) in [6, 6.07) is 9.36. The number of hydrogen-bond acceptors (Lipinski definition) is 6. The van der Waals surface area contributed by atoms with Gasteiger partial charge in [0.05, 0.1) is 11.0 Å². The van der Waals surface area contributed by atoms with Crippen molar-refractivity contribution in [1.29, 1.82) is 0 Å². The van der Waals surface area contributed by atoms with Crippen LogP contribution in [0.2, 0.25) is 0 Å². The van der Waals surface area contributed by atoms with Crippen molar-refractivity contribution in [2.75, 3.05) is 13.2 Å². The topological polar surface area (TPSA) is 120 Å². The molecular weight excluding hydrogens is 366 g/mol. The largest absolute Gasteiger partial charge is 0.486 e. The maximum Gasteiger partial charge on any atom is 0.319 e. The number of urea groups is 1. The molecule has 1 atom stereocenters. The Bertz CT molecular complexity index is 999. The number of ether oxygens (including phenoxy) is 2. The number of rotatable bonds is 4. The lowest BCUT2D eigenvalue weighted by Gasteiger charge is -2.26. The SMILES string of the molecule is O=C1NC=C(C(=O)c2ccc3c(c2)OCCO3)C(c2ccc([N+](=O)[O-])cc2)N1. The molecule has 2 aromatic rings. The lowest BCUT2D eigenvalue weighted by atomic mass is 9.91. The highest BCUT2D eigenvalue weighted by molar-refractivity contribution is 6.11. The summed E-state index contributed by atoms with van der Waals surface area (Å²) >= 11 is 0. The number of benzene rings is 2. The van der Waals surface area contributed by atoms with E-state index in [9.17, 15) is 19.7 Å². The van der Waals surface area contributed by atoms with Crippen LogP contribution in [-0.2, 0) is 0 Å². The van der Waals surface area contributed by atoms with Crippen LogP contribution in [0, 0.1) is 10.1 Å². The average Bonchev–Trinajstić information content (AvgIpc) is 2.73. The van der Waals surface area contributed by atoms with Crippen molar-refractivity contribution in [3.8, 4) is 11.5 Å². The molecule has 2 aromatic carbocycles. The van der Waals surface area contributed by atoms with Gasteiger partial charge < -0.3 is 20.1 Å². The molecule has 0 saturated heterocycles. The number of nitro benzene ring substituents is 1. The van der Waals surface area contributed by atoms with E-state index < -0.39 is 17.0 Å². The molecule has 4 rings (SSSR count). The van der Waals surface area contributed by atoms with E-state index in [1.54, 1.807) is 18.2 Å². The molecule has 142 valence electrons. The molecular formula is C19H15N3O6. The molecule has 28 heavy (non-hydrogen) atoms. The molecule has 2 N–H and O–H groups in total. The first-order valence-electron chi connectivity index (χ1n) is 8.49. The molecule has 0 bridgehead atoms. The fraction of sp³-hybridized carbons (Fsp3) is 0.158. The Labute approximate surface area is 159 Å². The molecule has 2 aliphatic heterocycles. The van der Waals surface area contributed by atoms with Gasteiger partial charge in [-0.3, -0.25) is 14.9 Å². The molecule has 2 heterocycles. The summed E-state index contributed by atoms with van der Waals surface area (Å²) in [5.41, 5.74) is 1.15. The fourth-order valence-corrected chi connectivity index (χ4v) is 3.08. The quantitative estimate of drug-likeness (QED) is 0.477. The second-order valence-corrected chi connectivity index (χ2v) is 6.19. The van der Waals surface area contributed by atoms with Gasteiger partial charge in [-0.2, -0.15) is 0 Å². The summed E-state index contributed by atoms with van der Waals surface area (Å²) in [5.74, 6) is 0.740. The number of ketones is 1. The van der Waals surface area contributed by atoms with Crippen LogP contribution in [0.25, 0.3) is 0 Å². The first kappa shape index (κ1) is 17.5. The Morgan fingerprint density at radius 3 is 2.50 bits per heavy atom. The number of hydrogen-bond donors (Lipinski definition) is 2. The van der Waals surface area contributed by atoms with Gasteiger partial charge in [0.1, 0.15) is 13.2 Å². The highest BCUT2D eigenvalue weighted by Gasteiger charge is 2.29. The maximum absolute atomic E-state index is 13.1. The molecule has 9 nitrogen and oxygen atoms in total. The van der Waals surface area contributed by atoms with E-state index in [1.807, 2.05) is 0 Å². The second kappa shape index (κ2) is 7.03. The van der Waals surface area contributed by atoms with Crippen LogP contribution in [0.5, 0.6) is 11.5 Å². The van der Waals surface area contributed by atoms with Crippen molar-refractivity contribution in [3.05, 3.63) is 75.5 Å². The summed E-state index contributed by atoms with van der Waals surface area (Å²) in [6.07, 6.45) is 1.35. The molecule has 0 spiro atoms. The Hall–Kier alpha value is -3.88. The first-order chi connectivity index (χ1) is 13.5. The molecule has 9 heteroatoms. The van der Waals surface area contributed by atoms with Crippen molar-refractivity contribution < 1.29 is 24.0 Å². The zero-order valence-corrected chi connectivity index (χ0v) is 14.5. The Morgan fingerprint density at radius 2 is 1.79 bits per heavy atom. The number of carbonyl (C=O) groups excluding carboxylic acids is 2. The van der Waals surface area contributed by atoms with Gasteiger partial charge in [-0.15, -0.1) is 0 Å². The van der Waals surface area contributed by atoms with Crippen molar-refractivity contribution in [2.24, 2.45) is 0 Å². The second-order valence-electron chi connectivity index (χ2n) is 6.19. The van der Waals surface area contributed by atoms with Gasteiger partial charge in [0.2, 0.25) is 0 Å². The Kier molecular flexibility index (Phi) is 4.40. The van der Waals surface area contributed by atoms with Crippen LogP contribution in [0.3, 0.4) is 0 Å². The van der Waals surface area contributed by atoms with Crippen molar-refractivity contribution in [2.45, 2.75) is 6.04 Å². The first-order valence-corrected chi connectivity index (χ1v) is 8.49. The number of nitrogens with zero attached hydrogens (tertiary/aromatic N) is 1. The van der Waals surface area contributed by atoms with E-state index in [2.05, 4.69) is 10.6 Å². The monoisotopic (exact) mass is 381 g/mol. The highest BCUT2D eigenvalue weighted by atomic mass is 16.6. The molecule has 2 aliphatic rings. The van der Waals surface area contributed by atoms with Gasteiger partial charge in [-0.25, -0.2) is 4.79 Å². The van der Waals surface area contributed by atoms with Crippen molar-refractivity contribution >= 4 is 17.5 Å². The standard InChI is InChI=1S/C19H15N3O6/c23-18(12-3-6-15-16(9-12)28-8-7-27-15)14-10-20-19(24)21-17(14)11-1-4-13(5-2-11)22(25)26/h1-6,9-10,17H,7-8H2,(H2,20,21,24). The third-order valence-corrected chi connectivity index (χ3v) is 4.45. The van der Waals surface area contributed by atoms with Crippen LogP contribution in [0.1, 0.15) is 22.0 Å². The van der Waals surface area contributed by atoms with Gasteiger partial charge in [0, 0.05) is 29.5 Å². The Morgan fingerprint density at radius 1 is 1.07 bits per heavy atom. The predicted octanol–water partition coefficient (Wildman–Crippen LogP) is 2.49. The van der Waals surface area contributed by atoms with Crippen LogP contribution in [0.15, 0.2) is 54.2 Å². The van der Waals surface area contributed by atoms with E-state index in [4.69, 9.17) is 9.47 Å².